The van der Waals surface area contributed by atoms with Crippen molar-refractivity contribution < 1.29 is 23.5 Å². The Morgan fingerprint density at radius 1 is 1.00 bits per heavy atom. The Labute approximate surface area is 214 Å². The highest BCUT2D eigenvalue weighted by molar-refractivity contribution is 5.94. The van der Waals surface area contributed by atoms with Gasteiger partial charge in [0.2, 0.25) is 11.8 Å². The molecule has 7 nitrogen and oxygen atoms in total. The van der Waals surface area contributed by atoms with Gasteiger partial charge in [-0.2, -0.15) is 0 Å². The molecule has 0 atom stereocenters. The summed E-state index contributed by atoms with van der Waals surface area (Å²) < 4.78 is 26.3. The molecule has 4 rings (SSSR count). The fourth-order valence-corrected chi connectivity index (χ4v) is 3.98. The molecule has 0 unspecified atom stereocenters. The van der Waals surface area contributed by atoms with Crippen LogP contribution in [0, 0.1) is 5.82 Å². The van der Waals surface area contributed by atoms with Gasteiger partial charge in [0.1, 0.15) is 18.0 Å². The fraction of sp³-hybridized carbons (Fsp3) is 0.207. The number of hydrogen-bond donors (Lipinski definition) is 1. The average Bonchev–Trinajstić information content (AvgIpc) is 2.89. The Morgan fingerprint density at radius 3 is 2.46 bits per heavy atom. The minimum absolute atomic E-state index is 0.00815. The van der Waals surface area contributed by atoms with E-state index in [-0.39, 0.29) is 23.9 Å². The number of anilines is 1. The largest absolute Gasteiger partial charge is 0.496 e. The standard InChI is InChI=1S/C29H28FN3O4/c1-4-21-14-23-25(16-28(21)36-3)31-13-12-26(23)37-27-11-10-22(15-24(27)30)32-29(35)18-33(19(2)34)17-20-8-6-5-7-9-20/h5-16H,4,17-18H2,1-3H3,(H,32,35). The molecule has 4 aromatic rings. The van der Waals surface area contributed by atoms with E-state index in [9.17, 15) is 14.0 Å². The van der Waals surface area contributed by atoms with Crippen molar-refractivity contribution in [2.75, 3.05) is 19.0 Å². The van der Waals surface area contributed by atoms with Crippen LogP contribution < -0.4 is 14.8 Å². The van der Waals surface area contributed by atoms with Gasteiger partial charge in [0, 0.05) is 42.9 Å². The second kappa shape index (κ2) is 11.5. The van der Waals surface area contributed by atoms with E-state index in [1.807, 2.05) is 49.4 Å². The van der Waals surface area contributed by atoms with E-state index >= 15 is 0 Å². The maximum absolute atomic E-state index is 15.0. The number of rotatable bonds is 9. The van der Waals surface area contributed by atoms with Gasteiger partial charge in [-0.15, -0.1) is 0 Å². The van der Waals surface area contributed by atoms with Crippen molar-refractivity contribution in [1.82, 2.24) is 9.88 Å². The summed E-state index contributed by atoms with van der Waals surface area (Å²) in [5, 5.41) is 3.39. The highest BCUT2D eigenvalue weighted by Crippen LogP contribution is 2.34. The number of pyridine rings is 1. The van der Waals surface area contributed by atoms with Gasteiger partial charge in [-0.3, -0.25) is 14.6 Å². The van der Waals surface area contributed by atoms with Gasteiger partial charge in [-0.1, -0.05) is 37.3 Å². The molecule has 0 fully saturated rings. The average molecular weight is 502 g/mol. The van der Waals surface area contributed by atoms with E-state index in [4.69, 9.17) is 9.47 Å². The minimum Gasteiger partial charge on any atom is -0.496 e. The molecule has 1 heterocycles. The van der Waals surface area contributed by atoms with Gasteiger partial charge < -0.3 is 19.7 Å². The molecule has 3 aromatic carbocycles. The monoisotopic (exact) mass is 501 g/mol. The maximum atomic E-state index is 15.0. The van der Waals surface area contributed by atoms with Crippen LogP contribution in [0.4, 0.5) is 10.1 Å². The number of methoxy groups -OCH3 is 1. The smallest absolute Gasteiger partial charge is 0.244 e. The second-order valence-corrected chi connectivity index (χ2v) is 8.50. The van der Waals surface area contributed by atoms with Crippen molar-refractivity contribution in [2.45, 2.75) is 26.8 Å². The molecule has 0 aliphatic rings. The SMILES string of the molecule is CCc1cc2c(Oc3ccc(NC(=O)CN(Cc4ccccc4)C(C)=O)cc3F)ccnc2cc1OC. The number of aromatic nitrogens is 1. The lowest BCUT2D eigenvalue weighted by Gasteiger charge is -2.20. The number of carbonyl (C=O) groups is 2. The normalized spacial score (nSPS) is 10.7. The van der Waals surface area contributed by atoms with Crippen molar-refractivity contribution in [3.63, 3.8) is 0 Å². The number of carbonyl (C=O) groups excluding carboxylic acids is 2. The van der Waals surface area contributed by atoms with Crippen LogP contribution in [0.5, 0.6) is 17.2 Å². The summed E-state index contributed by atoms with van der Waals surface area (Å²) >= 11 is 0. The molecule has 0 bridgehead atoms. The number of halogens is 1. The van der Waals surface area contributed by atoms with Crippen LogP contribution in [0.15, 0.2) is 72.9 Å². The first-order chi connectivity index (χ1) is 17.9. The van der Waals surface area contributed by atoms with E-state index in [1.54, 1.807) is 25.4 Å². The quantitative estimate of drug-likeness (QED) is 0.317. The lowest BCUT2D eigenvalue weighted by atomic mass is 10.1. The molecular weight excluding hydrogens is 473 g/mol. The zero-order chi connectivity index (χ0) is 26.4. The first kappa shape index (κ1) is 25.6. The van der Waals surface area contributed by atoms with Crippen molar-refractivity contribution in [3.05, 3.63) is 89.9 Å². The van der Waals surface area contributed by atoms with Crippen LogP contribution in [0.1, 0.15) is 25.0 Å². The van der Waals surface area contributed by atoms with Crippen molar-refractivity contribution >= 4 is 28.4 Å². The first-order valence-electron chi connectivity index (χ1n) is 11.9. The maximum Gasteiger partial charge on any atom is 0.244 e. The Balaban J connectivity index is 1.47. The Hall–Kier alpha value is -4.46. The number of aryl methyl sites for hydroxylation is 1. The van der Waals surface area contributed by atoms with Crippen molar-refractivity contribution in [2.24, 2.45) is 0 Å². The van der Waals surface area contributed by atoms with Gasteiger partial charge in [0.15, 0.2) is 11.6 Å². The number of benzene rings is 3. The third kappa shape index (κ3) is 6.22. The number of ether oxygens (including phenoxy) is 2. The van der Waals surface area contributed by atoms with Gasteiger partial charge in [0.25, 0.3) is 0 Å². The minimum atomic E-state index is -0.639. The van der Waals surface area contributed by atoms with Gasteiger partial charge >= 0.3 is 0 Å². The first-order valence-corrected chi connectivity index (χ1v) is 11.9. The van der Waals surface area contributed by atoms with Crippen LogP contribution in [0.3, 0.4) is 0 Å². The molecule has 0 aliphatic heterocycles. The molecule has 0 saturated heterocycles. The number of amides is 2. The molecular formula is C29H28FN3O4. The Morgan fingerprint density at radius 2 is 1.78 bits per heavy atom. The third-order valence-electron chi connectivity index (χ3n) is 5.92. The molecule has 0 aliphatic carbocycles. The summed E-state index contributed by atoms with van der Waals surface area (Å²) in [4.78, 5) is 30.4. The van der Waals surface area contributed by atoms with Crippen LogP contribution in [0.2, 0.25) is 0 Å². The number of nitrogens with zero attached hydrogens (tertiary/aromatic N) is 2. The lowest BCUT2D eigenvalue weighted by molar-refractivity contribution is -0.133. The molecule has 0 saturated carbocycles. The van der Waals surface area contributed by atoms with E-state index in [1.165, 1.54) is 24.0 Å². The van der Waals surface area contributed by atoms with Crippen LogP contribution in [0.25, 0.3) is 10.9 Å². The topological polar surface area (TPSA) is 80.8 Å². The predicted molar refractivity (Wildman–Crippen MR) is 140 cm³/mol. The van der Waals surface area contributed by atoms with E-state index < -0.39 is 11.7 Å². The predicted octanol–water partition coefficient (Wildman–Crippen LogP) is 5.72. The molecule has 0 spiro atoms. The molecule has 37 heavy (non-hydrogen) atoms. The molecule has 0 radical (unpaired) electrons. The van der Waals surface area contributed by atoms with Gasteiger partial charge in [-0.25, -0.2) is 4.39 Å². The summed E-state index contributed by atoms with van der Waals surface area (Å²) in [6.07, 6.45) is 2.34. The number of hydrogen-bond acceptors (Lipinski definition) is 5. The second-order valence-electron chi connectivity index (χ2n) is 8.50. The summed E-state index contributed by atoms with van der Waals surface area (Å²) in [5.74, 6) is -0.106. The molecule has 1 aromatic heterocycles. The van der Waals surface area contributed by atoms with E-state index in [0.29, 0.717) is 17.8 Å². The highest BCUT2D eigenvalue weighted by atomic mass is 19.1. The van der Waals surface area contributed by atoms with Gasteiger partial charge in [0.05, 0.1) is 12.6 Å². The van der Waals surface area contributed by atoms with Crippen LogP contribution in [-0.2, 0) is 22.6 Å². The molecule has 8 heteroatoms. The zero-order valence-corrected chi connectivity index (χ0v) is 21.0. The molecule has 2 amide bonds. The van der Waals surface area contributed by atoms with Gasteiger partial charge in [-0.05, 0) is 41.8 Å². The highest BCUT2D eigenvalue weighted by Gasteiger charge is 2.16. The van der Waals surface area contributed by atoms with E-state index in [2.05, 4.69) is 10.3 Å². The zero-order valence-electron chi connectivity index (χ0n) is 21.0. The number of nitrogens with one attached hydrogen (secondary N) is 1. The third-order valence-corrected chi connectivity index (χ3v) is 5.92. The van der Waals surface area contributed by atoms with Crippen molar-refractivity contribution in [1.29, 1.82) is 0 Å². The summed E-state index contributed by atoms with van der Waals surface area (Å²) in [6.45, 7) is 3.57. The Kier molecular flexibility index (Phi) is 7.98. The van der Waals surface area contributed by atoms with E-state index in [0.717, 1.165) is 28.7 Å². The fourth-order valence-electron chi connectivity index (χ4n) is 3.98. The summed E-state index contributed by atoms with van der Waals surface area (Å²) in [6, 6.07) is 19.0. The van der Waals surface area contributed by atoms with Crippen molar-refractivity contribution in [3.8, 4) is 17.2 Å². The lowest BCUT2D eigenvalue weighted by Crippen LogP contribution is -2.36. The van der Waals surface area contributed by atoms with Crippen LogP contribution in [-0.4, -0.2) is 35.4 Å². The molecule has 190 valence electrons. The Bertz CT molecular complexity index is 1430. The summed E-state index contributed by atoms with van der Waals surface area (Å²) in [5.41, 5.74) is 2.82. The summed E-state index contributed by atoms with van der Waals surface area (Å²) in [7, 11) is 1.61. The molecule has 1 N–H and O–H groups in total. The van der Waals surface area contributed by atoms with Crippen LogP contribution >= 0.6 is 0 Å². The number of fused-ring (bicyclic) bond motifs is 1.